The van der Waals surface area contributed by atoms with E-state index >= 15 is 0 Å². The Bertz CT molecular complexity index is 88.7. The molecule has 2 N–H and O–H groups in total. The first-order valence-corrected chi connectivity index (χ1v) is 2.70. The van der Waals surface area contributed by atoms with Crippen molar-refractivity contribution in [3.63, 3.8) is 0 Å². The Hall–Kier alpha value is -0.770. The van der Waals surface area contributed by atoms with Crippen molar-refractivity contribution in [1.82, 2.24) is 0 Å². The molecule has 0 aliphatic heterocycles. The van der Waals surface area contributed by atoms with Gasteiger partial charge in [0.05, 0.1) is 0 Å². The fourth-order valence-electron chi connectivity index (χ4n) is 0.129. The van der Waals surface area contributed by atoms with Crippen LogP contribution < -0.4 is 0 Å². The molecule has 0 aliphatic carbocycles. The summed E-state index contributed by atoms with van der Waals surface area (Å²) in [7, 11) is 0. The molecular formula is C4H7ClO4. The van der Waals surface area contributed by atoms with Crippen molar-refractivity contribution in [2.24, 2.45) is 0 Å². The normalized spacial score (nSPS) is 6.89. The number of rotatable bonds is 2. The van der Waals surface area contributed by atoms with E-state index in [4.69, 9.17) is 10.2 Å². The van der Waals surface area contributed by atoms with Gasteiger partial charge in [-0.2, -0.15) is 0 Å². The number of carboxylic acid groups (broad SMARTS) is 2. The number of alkyl halides is 1. The van der Waals surface area contributed by atoms with Crippen molar-refractivity contribution in [2.45, 2.75) is 6.42 Å². The molecular weight excluding hydrogens is 147 g/mol. The molecule has 54 valence electrons. The van der Waals surface area contributed by atoms with E-state index in [1.165, 1.54) is 6.38 Å². The first kappa shape index (κ1) is 11.1. The summed E-state index contributed by atoms with van der Waals surface area (Å²) in [6.07, 6.45) is 0.667. The third-order valence-corrected chi connectivity index (χ3v) is 0.302. The zero-order chi connectivity index (χ0) is 7.86. The molecule has 0 rings (SSSR count). The van der Waals surface area contributed by atoms with Crippen molar-refractivity contribution in [3.8, 4) is 0 Å². The Morgan fingerprint density at radius 2 is 1.44 bits per heavy atom. The minimum absolute atomic E-state index is 0.806. The number of hydrogen-bond acceptors (Lipinski definition) is 2. The minimum Gasteiger partial charge on any atom is -0.481 e. The topological polar surface area (TPSA) is 74.6 Å². The van der Waals surface area contributed by atoms with Crippen LogP contribution in [0.3, 0.4) is 0 Å². The van der Waals surface area contributed by atoms with Crippen LogP contribution in [-0.4, -0.2) is 28.5 Å². The predicted octanol–water partition coefficient (Wildman–Crippen LogP) is 0.401. The second kappa shape index (κ2) is 7.23. The predicted molar refractivity (Wildman–Crippen MR) is 31.7 cm³/mol. The lowest BCUT2D eigenvalue weighted by Gasteiger charge is -1.80. The number of halogens is 1. The average molecular weight is 155 g/mol. The van der Waals surface area contributed by atoms with E-state index in [1.54, 1.807) is 0 Å². The standard InChI is InChI=1S/C3H4O4.CH3Cl/c4-2(5)1-3(6)7;1-2/h1H2,(H,4,5)(H,6,7);1H3. The fourth-order valence-corrected chi connectivity index (χ4v) is 0.129. The van der Waals surface area contributed by atoms with Gasteiger partial charge in [-0.05, 0) is 0 Å². The van der Waals surface area contributed by atoms with E-state index in [2.05, 4.69) is 11.6 Å². The van der Waals surface area contributed by atoms with E-state index in [-0.39, 0.29) is 0 Å². The van der Waals surface area contributed by atoms with Gasteiger partial charge >= 0.3 is 11.9 Å². The van der Waals surface area contributed by atoms with Gasteiger partial charge < -0.3 is 10.2 Å². The van der Waals surface area contributed by atoms with Crippen LogP contribution in [0.25, 0.3) is 0 Å². The molecule has 0 aliphatic rings. The van der Waals surface area contributed by atoms with Gasteiger partial charge in [0, 0.05) is 6.38 Å². The molecule has 0 spiro atoms. The molecule has 9 heavy (non-hydrogen) atoms. The van der Waals surface area contributed by atoms with Crippen LogP contribution in [0.4, 0.5) is 0 Å². The second-order valence-electron chi connectivity index (χ2n) is 0.964. The van der Waals surface area contributed by atoms with Crippen molar-refractivity contribution in [2.75, 3.05) is 6.38 Å². The highest BCUT2D eigenvalue weighted by Crippen LogP contribution is 1.74. The zero-order valence-corrected chi connectivity index (χ0v) is 5.55. The molecule has 0 aromatic heterocycles. The van der Waals surface area contributed by atoms with Gasteiger partial charge in [0.1, 0.15) is 6.42 Å². The van der Waals surface area contributed by atoms with Crippen LogP contribution in [0.5, 0.6) is 0 Å². The molecule has 0 fully saturated rings. The lowest BCUT2D eigenvalue weighted by atomic mass is 10.5. The summed E-state index contributed by atoms with van der Waals surface area (Å²) >= 11 is 4.64. The summed E-state index contributed by atoms with van der Waals surface area (Å²) in [6, 6.07) is 0. The number of hydrogen-bond donors (Lipinski definition) is 2. The van der Waals surface area contributed by atoms with Crippen LogP contribution >= 0.6 is 11.6 Å². The summed E-state index contributed by atoms with van der Waals surface area (Å²) in [6.45, 7) is 0. The van der Waals surface area contributed by atoms with Crippen LogP contribution in [0.1, 0.15) is 6.42 Å². The molecule has 0 saturated carbocycles. The van der Waals surface area contributed by atoms with Gasteiger partial charge in [-0.3, -0.25) is 9.59 Å². The monoisotopic (exact) mass is 154 g/mol. The molecule has 0 aromatic carbocycles. The zero-order valence-electron chi connectivity index (χ0n) is 4.80. The summed E-state index contributed by atoms with van der Waals surface area (Å²) in [5.41, 5.74) is 0. The average Bonchev–Trinajstić information content (AvgIpc) is 1.68. The number of carboxylic acids is 2. The van der Waals surface area contributed by atoms with Gasteiger partial charge in [0.15, 0.2) is 0 Å². The highest BCUT2D eigenvalue weighted by Gasteiger charge is 2.01. The fraction of sp³-hybridized carbons (Fsp3) is 0.500. The Kier molecular flexibility index (Phi) is 8.90. The van der Waals surface area contributed by atoms with E-state index in [9.17, 15) is 9.59 Å². The molecule has 4 nitrogen and oxygen atoms in total. The quantitative estimate of drug-likeness (QED) is 0.446. The van der Waals surface area contributed by atoms with E-state index in [1.807, 2.05) is 0 Å². The Balaban J connectivity index is 0. The number of aliphatic carboxylic acids is 2. The molecule has 0 unspecified atom stereocenters. The SMILES string of the molecule is CCl.O=C(O)CC(=O)O. The molecule has 0 heterocycles. The first-order chi connectivity index (χ1) is 4.13. The van der Waals surface area contributed by atoms with E-state index in [0.717, 1.165) is 0 Å². The van der Waals surface area contributed by atoms with Crippen molar-refractivity contribution >= 4 is 23.5 Å². The Morgan fingerprint density at radius 1 is 1.22 bits per heavy atom. The molecule has 0 atom stereocenters. The van der Waals surface area contributed by atoms with Crippen molar-refractivity contribution < 1.29 is 19.8 Å². The highest BCUT2D eigenvalue weighted by atomic mass is 35.5. The van der Waals surface area contributed by atoms with Crippen LogP contribution in [-0.2, 0) is 9.59 Å². The van der Waals surface area contributed by atoms with Gasteiger partial charge in [-0.1, -0.05) is 0 Å². The largest absolute Gasteiger partial charge is 0.481 e. The maximum atomic E-state index is 9.43. The highest BCUT2D eigenvalue weighted by molar-refractivity contribution is 6.15. The molecule has 0 radical (unpaired) electrons. The van der Waals surface area contributed by atoms with Crippen molar-refractivity contribution in [3.05, 3.63) is 0 Å². The van der Waals surface area contributed by atoms with Crippen LogP contribution in [0, 0.1) is 0 Å². The lowest BCUT2D eigenvalue weighted by molar-refractivity contribution is -0.147. The Morgan fingerprint density at radius 3 is 1.44 bits per heavy atom. The van der Waals surface area contributed by atoms with Gasteiger partial charge in [-0.25, -0.2) is 0 Å². The Labute approximate surface area is 57.1 Å². The first-order valence-electron chi connectivity index (χ1n) is 1.94. The maximum absolute atomic E-state index is 9.43. The molecule has 5 heteroatoms. The minimum atomic E-state index is -1.31. The van der Waals surface area contributed by atoms with E-state index < -0.39 is 18.4 Å². The third kappa shape index (κ3) is 19.0. The maximum Gasteiger partial charge on any atom is 0.314 e. The molecule has 0 saturated heterocycles. The molecule has 0 amide bonds. The molecule has 0 aromatic rings. The van der Waals surface area contributed by atoms with Crippen LogP contribution in [0.2, 0.25) is 0 Å². The number of carbonyl (C=O) groups is 2. The van der Waals surface area contributed by atoms with E-state index in [0.29, 0.717) is 0 Å². The van der Waals surface area contributed by atoms with Gasteiger partial charge in [0.25, 0.3) is 0 Å². The summed E-state index contributed by atoms with van der Waals surface area (Å²) in [4.78, 5) is 18.9. The lowest BCUT2D eigenvalue weighted by Crippen LogP contribution is -2.03. The summed E-state index contributed by atoms with van der Waals surface area (Å²) in [5.74, 6) is -2.62. The second-order valence-corrected chi connectivity index (χ2v) is 0.964. The van der Waals surface area contributed by atoms with Crippen LogP contribution in [0.15, 0.2) is 0 Å². The van der Waals surface area contributed by atoms with Gasteiger partial charge in [-0.15, -0.1) is 11.6 Å². The molecule has 0 bridgehead atoms. The van der Waals surface area contributed by atoms with Gasteiger partial charge in [0.2, 0.25) is 0 Å². The van der Waals surface area contributed by atoms with Crippen molar-refractivity contribution in [1.29, 1.82) is 0 Å². The summed E-state index contributed by atoms with van der Waals surface area (Å²) < 4.78 is 0. The smallest absolute Gasteiger partial charge is 0.314 e. The third-order valence-electron chi connectivity index (χ3n) is 0.302. The summed E-state index contributed by atoms with van der Waals surface area (Å²) in [5, 5.41) is 15.4.